The molecule has 0 aliphatic heterocycles. The second-order valence-corrected chi connectivity index (χ2v) is 6.81. The molecule has 0 fully saturated rings. The van der Waals surface area contributed by atoms with Crippen LogP contribution in [0.2, 0.25) is 0 Å². The Hall–Kier alpha value is -3.54. The van der Waals surface area contributed by atoms with Gasteiger partial charge in [0.25, 0.3) is 10.0 Å². The van der Waals surface area contributed by atoms with E-state index in [1.54, 1.807) is 19.1 Å². The first kappa shape index (κ1) is 18.3. The number of carbonyl (C=O) groups excluding carboxylic acids is 1. The Labute approximate surface area is 153 Å². The maximum Gasteiger partial charge on any atom is 0.335 e. The normalized spacial score (nSPS) is 11.0. The first-order valence-corrected chi connectivity index (χ1v) is 8.96. The number of carbonyl (C=O) groups is 1. The van der Waals surface area contributed by atoms with E-state index in [1.807, 2.05) is 4.72 Å². The lowest BCUT2D eigenvalue weighted by atomic mass is 10.1. The standard InChI is InChI=1S/C15H14N6O5S/c1-9-17-13(20-15(18-9)25-2)19-14(22)21-27(23,24)12-6-4-3-5-11(12)10-7-16-26-8-10/h3-8H,1-2H3,(H2,17,18,19,20,21,22). The van der Waals surface area contributed by atoms with Crippen LogP contribution in [0.1, 0.15) is 5.82 Å². The molecule has 1 aromatic carbocycles. The number of rotatable bonds is 5. The molecular formula is C15H14N6O5S. The molecule has 11 nitrogen and oxygen atoms in total. The van der Waals surface area contributed by atoms with Gasteiger partial charge in [-0.1, -0.05) is 23.4 Å². The number of benzene rings is 1. The van der Waals surface area contributed by atoms with Gasteiger partial charge in [0, 0.05) is 11.1 Å². The number of urea groups is 1. The summed E-state index contributed by atoms with van der Waals surface area (Å²) >= 11 is 0. The van der Waals surface area contributed by atoms with Crippen molar-refractivity contribution in [3.8, 4) is 17.1 Å². The van der Waals surface area contributed by atoms with Gasteiger partial charge in [0.15, 0.2) is 0 Å². The minimum Gasteiger partial charge on any atom is -0.467 e. The lowest BCUT2D eigenvalue weighted by Gasteiger charge is -2.11. The third-order valence-corrected chi connectivity index (χ3v) is 4.67. The van der Waals surface area contributed by atoms with Crippen LogP contribution in [0, 0.1) is 6.92 Å². The van der Waals surface area contributed by atoms with Gasteiger partial charge in [-0.05, 0) is 13.0 Å². The Balaban J connectivity index is 1.83. The lowest BCUT2D eigenvalue weighted by Crippen LogP contribution is -2.35. The zero-order valence-electron chi connectivity index (χ0n) is 14.2. The zero-order valence-corrected chi connectivity index (χ0v) is 15.0. The quantitative estimate of drug-likeness (QED) is 0.658. The monoisotopic (exact) mass is 390 g/mol. The second-order valence-electron chi connectivity index (χ2n) is 5.16. The maximum absolute atomic E-state index is 12.6. The van der Waals surface area contributed by atoms with Crippen LogP contribution in [0.25, 0.3) is 11.1 Å². The van der Waals surface area contributed by atoms with Crippen molar-refractivity contribution >= 4 is 22.0 Å². The number of hydrogen-bond acceptors (Lipinski definition) is 9. The van der Waals surface area contributed by atoms with Crippen molar-refractivity contribution in [2.24, 2.45) is 0 Å². The molecule has 0 spiro atoms. The highest BCUT2D eigenvalue weighted by atomic mass is 32.2. The molecule has 0 saturated carbocycles. The maximum atomic E-state index is 12.6. The van der Waals surface area contributed by atoms with E-state index in [1.165, 1.54) is 31.7 Å². The number of nitrogens with one attached hydrogen (secondary N) is 2. The van der Waals surface area contributed by atoms with Crippen molar-refractivity contribution in [2.75, 3.05) is 12.4 Å². The summed E-state index contributed by atoms with van der Waals surface area (Å²) in [6, 6.07) is 5.05. The Morgan fingerprint density at radius 2 is 1.96 bits per heavy atom. The summed E-state index contributed by atoms with van der Waals surface area (Å²) in [5, 5.41) is 5.79. The molecule has 3 aromatic rings. The molecule has 0 aliphatic rings. The molecule has 2 amide bonds. The van der Waals surface area contributed by atoms with Gasteiger partial charge in [-0.2, -0.15) is 15.0 Å². The molecule has 0 bridgehead atoms. The molecule has 2 aromatic heterocycles. The molecule has 12 heteroatoms. The number of methoxy groups -OCH3 is 1. The number of anilines is 1. The molecule has 0 aliphatic carbocycles. The van der Waals surface area contributed by atoms with Crippen LogP contribution in [-0.2, 0) is 10.0 Å². The molecule has 27 heavy (non-hydrogen) atoms. The van der Waals surface area contributed by atoms with E-state index in [0.717, 1.165) is 0 Å². The molecule has 2 N–H and O–H groups in total. The number of amides is 2. The van der Waals surface area contributed by atoms with E-state index in [0.29, 0.717) is 11.1 Å². The molecule has 0 unspecified atom stereocenters. The highest BCUT2D eigenvalue weighted by Gasteiger charge is 2.23. The first-order chi connectivity index (χ1) is 12.9. The van der Waals surface area contributed by atoms with Crippen LogP contribution >= 0.6 is 0 Å². The van der Waals surface area contributed by atoms with Gasteiger partial charge in [0.2, 0.25) is 5.95 Å². The summed E-state index contributed by atoms with van der Waals surface area (Å²) in [6.07, 6.45) is 2.67. The minimum atomic E-state index is -4.20. The highest BCUT2D eigenvalue weighted by Crippen LogP contribution is 2.26. The summed E-state index contributed by atoms with van der Waals surface area (Å²) in [5.74, 6) is 0.136. The van der Waals surface area contributed by atoms with E-state index >= 15 is 0 Å². The van der Waals surface area contributed by atoms with Crippen molar-refractivity contribution in [2.45, 2.75) is 11.8 Å². The van der Waals surface area contributed by atoms with Crippen LogP contribution in [0.15, 0.2) is 46.1 Å². The molecule has 140 valence electrons. The van der Waals surface area contributed by atoms with Gasteiger partial charge in [0.05, 0.1) is 18.2 Å². The van der Waals surface area contributed by atoms with Gasteiger partial charge in [-0.25, -0.2) is 17.9 Å². The molecule has 0 atom stereocenters. The Morgan fingerprint density at radius 1 is 1.19 bits per heavy atom. The number of hydrogen-bond donors (Lipinski definition) is 2. The van der Waals surface area contributed by atoms with Crippen LogP contribution < -0.4 is 14.8 Å². The van der Waals surface area contributed by atoms with Crippen LogP contribution in [0.5, 0.6) is 6.01 Å². The lowest BCUT2D eigenvalue weighted by molar-refractivity contribution is 0.256. The third kappa shape index (κ3) is 4.17. The number of ether oxygens (including phenoxy) is 1. The van der Waals surface area contributed by atoms with E-state index in [-0.39, 0.29) is 22.7 Å². The number of aromatic nitrogens is 4. The predicted molar refractivity (Wildman–Crippen MR) is 92.4 cm³/mol. The van der Waals surface area contributed by atoms with Crippen molar-refractivity contribution in [1.82, 2.24) is 24.8 Å². The largest absolute Gasteiger partial charge is 0.467 e. The summed E-state index contributed by atoms with van der Waals surface area (Å²) < 4.78 is 36.8. The van der Waals surface area contributed by atoms with E-state index in [2.05, 4.69) is 25.4 Å². The molecular weight excluding hydrogens is 376 g/mol. The Bertz CT molecular complexity index is 1070. The van der Waals surface area contributed by atoms with Gasteiger partial charge < -0.3 is 9.26 Å². The molecule has 0 radical (unpaired) electrons. The van der Waals surface area contributed by atoms with Gasteiger partial charge >= 0.3 is 12.0 Å². The number of sulfonamides is 1. The summed E-state index contributed by atoms with van der Waals surface area (Å²) in [7, 11) is -2.84. The van der Waals surface area contributed by atoms with Crippen molar-refractivity contribution < 1.29 is 22.5 Å². The van der Waals surface area contributed by atoms with Gasteiger partial charge in [-0.15, -0.1) is 0 Å². The van der Waals surface area contributed by atoms with E-state index in [9.17, 15) is 13.2 Å². The Morgan fingerprint density at radius 3 is 2.67 bits per heavy atom. The van der Waals surface area contributed by atoms with E-state index < -0.39 is 16.1 Å². The average Bonchev–Trinajstić information content (AvgIpc) is 3.15. The topological polar surface area (TPSA) is 149 Å². The number of nitrogens with zero attached hydrogens (tertiary/aromatic N) is 4. The minimum absolute atomic E-state index is 0.0153. The van der Waals surface area contributed by atoms with E-state index in [4.69, 9.17) is 9.26 Å². The van der Waals surface area contributed by atoms with Crippen LogP contribution in [0.3, 0.4) is 0 Å². The third-order valence-electron chi connectivity index (χ3n) is 3.28. The zero-order chi connectivity index (χ0) is 19.4. The van der Waals surface area contributed by atoms with Gasteiger partial charge in [0.1, 0.15) is 12.1 Å². The van der Waals surface area contributed by atoms with Crippen molar-refractivity contribution in [3.63, 3.8) is 0 Å². The summed E-state index contributed by atoms with van der Waals surface area (Å²) in [4.78, 5) is 23.6. The predicted octanol–water partition coefficient (Wildman–Crippen LogP) is 1.35. The molecule has 2 heterocycles. The molecule has 3 rings (SSSR count). The highest BCUT2D eigenvalue weighted by molar-refractivity contribution is 7.90. The fraction of sp³-hybridized carbons (Fsp3) is 0.133. The van der Waals surface area contributed by atoms with Crippen molar-refractivity contribution in [3.05, 3.63) is 42.5 Å². The molecule has 0 saturated heterocycles. The van der Waals surface area contributed by atoms with Gasteiger partial charge in [-0.3, -0.25) is 5.32 Å². The smallest absolute Gasteiger partial charge is 0.335 e. The Kier molecular flexibility index (Phi) is 4.98. The van der Waals surface area contributed by atoms with Crippen LogP contribution in [-0.4, -0.2) is 41.7 Å². The second kappa shape index (κ2) is 7.37. The number of aryl methyl sites for hydroxylation is 1. The van der Waals surface area contributed by atoms with Crippen molar-refractivity contribution in [1.29, 1.82) is 0 Å². The summed E-state index contributed by atoms with van der Waals surface area (Å²) in [5.41, 5.74) is 0.783. The fourth-order valence-electron chi connectivity index (χ4n) is 2.19. The first-order valence-electron chi connectivity index (χ1n) is 7.48. The average molecular weight is 390 g/mol. The van der Waals surface area contributed by atoms with Crippen LogP contribution in [0.4, 0.5) is 10.7 Å². The summed E-state index contributed by atoms with van der Waals surface area (Å²) in [6.45, 7) is 1.57. The fourth-order valence-corrected chi connectivity index (χ4v) is 3.32. The SMILES string of the molecule is COc1nc(C)nc(NC(=O)NS(=O)(=O)c2ccccc2-c2cnoc2)n1.